The molecule has 1 fully saturated rings. The number of nitrogens with zero attached hydrogens (tertiary/aromatic N) is 1. The molecule has 7 nitrogen and oxygen atoms in total. The van der Waals surface area contributed by atoms with E-state index in [0.29, 0.717) is 29.2 Å². The molecule has 0 spiro atoms. The standard InChI is InChI=1S/C26H19Cl2FN2O5/c1-2-35-23-12-15(7-10-22(23)36-14-16-5-3-4-6-21(16)29)11-18-24(32)30-26(34)31(25(18)33)17-8-9-19(27)20(28)13-17/h3-13H,2,14H2,1H3,(H,30,32,34)/b18-11+. The largest absolute Gasteiger partial charge is 0.490 e. The Morgan fingerprint density at radius 3 is 2.44 bits per heavy atom. The van der Waals surface area contributed by atoms with Gasteiger partial charge in [0.15, 0.2) is 11.5 Å². The molecule has 3 aromatic rings. The number of amides is 4. The lowest BCUT2D eigenvalue weighted by molar-refractivity contribution is -0.122. The van der Waals surface area contributed by atoms with Crippen LogP contribution in [0.15, 0.2) is 66.2 Å². The first-order valence-corrected chi connectivity index (χ1v) is 11.5. The number of nitrogens with one attached hydrogen (secondary N) is 1. The number of benzene rings is 3. The molecular weight excluding hydrogens is 510 g/mol. The van der Waals surface area contributed by atoms with Crippen LogP contribution in [-0.2, 0) is 16.2 Å². The molecule has 0 atom stereocenters. The van der Waals surface area contributed by atoms with Crippen molar-refractivity contribution in [3.05, 3.63) is 93.2 Å². The topological polar surface area (TPSA) is 84.9 Å². The van der Waals surface area contributed by atoms with Crippen LogP contribution in [0.3, 0.4) is 0 Å². The molecule has 0 aromatic heterocycles. The third-order valence-corrected chi connectivity index (χ3v) is 5.92. The average Bonchev–Trinajstić information content (AvgIpc) is 2.84. The van der Waals surface area contributed by atoms with Crippen molar-refractivity contribution >= 4 is 52.8 Å². The molecule has 4 rings (SSSR count). The van der Waals surface area contributed by atoms with Gasteiger partial charge in [0.1, 0.15) is 18.0 Å². The minimum atomic E-state index is -0.910. The highest BCUT2D eigenvalue weighted by Crippen LogP contribution is 2.32. The second kappa shape index (κ2) is 10.8. The molecule has 1 aliphatic heterocycles. The maximum atomic E-state index is 13.9. The fourth-order valence-electron chi connectivity index (χ4n) is 3.46. The van der Waals surface area contributed by atoms with Crippen molar-refractivity contribution in [2.75, 3.05) is 11.5 Å². The monoisotopic (exact) mass is 528 g/mol. The average molecular weight is 529 g/mol. The summed E-state index contributed by atoms with van der Waals surface area (Å²) in [5.41, 5.74) is 0.696. The minimum Gasteiger partial charge on any atom is -0.490 e. The van der Waals surface area contributed by atoms with Crippen LogP contribution in [0.5, 0.6) is 11.5 Å². The van der Waals surface area contributed by atoms with Gasteiger partial charge in [0, 0.05) is 5.56 Å². The van der Waals surface area contributed by atoms with Gasteiger partial charge in [0.2, 0.25) is 0 Å². The van der Waals surface area contributed by atoms with Gasteiger partial charge in [-0.15, -0.1) is 0 Å². The van der Waals surface area contributed by atoms with E-state index in [2.05, 4.69) is 5.32 Å². The van der Waals surface area contributed by atoms with Crippen LogP contribution < -0.4 is 19.7 Å². The van der Waals surface area contributed by atoms with Gasteiger partial charge in [0.25, 0.3) is 11.8 Å². The summed E-state index contributed by atoms with van der Waals surface area (Å²) < 4.78 is 25.3. The van der Waals surface area contributed by atoms with E-state index >= 15 is 0 Å². The van der Waals surface area contributed by atoms with E-state index in [0.717, 1.165) is 4.90 Å². The van der Waals surface area contributed by atoms with Crippen LogP contribution in [0, 0.1) is 5.82 Å². The highest BCUT2D eigenvalue weighted by Gasteiger charge is 2.37. The van der Waals surface area contributed by atoms with Gasteiger partial charge < -0.3 is 9.47 Å². The molecule has 184 valence electrons. The van der Waals surface area contributed by atoms with E-state index in [4.69, 9.17) is 32.7 Å². The Morgan fingerprint density at radius 1 is 0.944 bits per heavy atom. The van der Waals surface area contributed by atoms with Crippen LogP contribution >= 0.6 is 23.2 Å². The number of imide groups is 2. The van der Waals surface area contributed by atoms with Gasteiger partial charge in [-0.2, -0.15) is 0 Å². The van der Waals surface area contributed by atoms with Crippen LogP contribution in [-0.4, -0.2) is 24.5 Å². The summed E-state index contributed by atoms with van der Waals surface area (Å²) in [6.07, 6.45) is 1.33. The zero-order chi connectivity index (χ0) is 25.8. The normalized spacial score (nSPS) is 14.7. The molecule has 0 bridgehead atoms. The van der Waals surface area contributed by atoms with Gasteiger partial charge in [0.05, 0.1) is 22.3 Å². The fourth-order valence-corrected chi connectivity index (χ4v) is 3.75. The highest BCUT2D eigenvalue weighted by atomic mass is 35.5. The van der Waals surface area contributed by atoms with Crippen LogP contribution in [0.2, 0.25) is 10.0 Å². The minimum absolute atomic E-state index is 0.0190. The Hall–Kier alpha value is -3.88. The van der Waals surface area contributed by atoms with Gasteiger partial charge in [-0.05, 0) is 55.0 Å². The summed E-state index contributed by atoms with van der Waals surface area (Å²) in [6.45, 7) is 2.08. The first-order chi connectivity index (χ1) is 17.3. The van der Waals surface area contributed by atoms with Gasteiger partial charge in [-0.25, -0.2) is 14.1 Å². The van der Waals surface area contributed by atoms with E-state index in [1.807, 2.05) is 0 Å². The van der Waals surface area contributed by atoms with Gasteiger partial charge in [-0.3, -0.25) is 14.9 Å². The lowest BCUT2D eigenvalue weighted by Crippen LogP contribution is -2.54. The van der Waals surface area contributed by atoms with E-state index in [1.165, 1.54) is 30.3 Å². The molecule has 1 aliphatic rings. The number of ether oxygens (including phenoxy) is 2. The second-order valence-corrected chi connectivity index (χ2v) is 8.39. The number of carbonyl (C=O) groups excluding carboxylic acids is 3. The molecular formula is C26H19Cl2FN2O5. The zero-order valence-corrected chi connectivity index (χ0v) is 20.4. The number of halogens is 3. The summed E-state index contributed by atoms with van der Waals surface area (Å²) in [5.74, 6) is -1.38. The second-order valence-electron chi connectivity index (χ2n) is 7.58. The molecule has 0 saturated carbocycles. The Morgan fingerprint density at radius 2 is 1.72 bits per heavy atom. The van der Waals surface area contributed by atoms with Crippen molar-refractivity contribution in [3.63, 3.8) is 0 Å². The van der Waals surface area contributed by atoms with Crippen molar-refractivity contribution in [1.29, 1.82) is 0 Å². The molecule has 36 heavy (non-hydrogen) atoms. The summed E-state index contributed by atoms with van der Waals surface area (Å²) in [7, 11) is 0. The zero-order valence-electron chi connectivity index (χ0n) is 18.9. The maximum Gasteiger partial charge on any atom is 0.335 e. The summed E-state index contributed by atoms with van der Waals surface area (Å²) in [5, 5.41) is 2.54. The molecule has 4 amide bonds. The van der Waals surface area contributed by atoms with Crippen molar-refractivity contribution in [1.82, 2.24) is 5.32 Å². The summed E-state index contributed by atoms with van der Waals surface area (Å²) >= 11 is 12.0. The molecule has 1 heterocycles. The fraction of sp³-hybridized carbons (Fsp3) is 0.115. The Bertz CT molecular complexity index is 1390. The Kier molecular flexibility index (Phi) is 7.57. The number of anilines is 1. The third-order valence-electron chi connectivity index (χ3n) is 5.18. The van der Waals surface area contributed by atoms with Crippen molar-refractivity contribution in [3.8, 4) is 11.5 Å². The summed E-state index contributed by atoms with van der Waals surface area (Å²) in [6, 6.07) is 14.3. The number of carbonyl (C=O) groups is 3. The quantitative estimate of drug-likeness (QED) is 0.310. The highest BCUT2D eigenvalue weighted by molar-refractivity contribution is 6.43. The van der Waals surface area contributed by atoms with Gasteiger partial charge in [-0.1, -0.05) is 47.5 Å². The summed E-state index contributed by atoms with van der Waals surface area (Å²) in [4.78, 5) is 38.8. The first-order valence-electron chi connectivity index (χ1n) is 10.8. The van der Waals surface area contributed by atoms with E-state index in [9.17, 15) is 18.8 Å². The number of hydrogen-bond donors (Lipinski definition) is 1. The Balaban J connectivity index is 1.63. The Labute approximate surface area is 216 Å². The van der Waals surface area contributed by atoms with E-state index in [1.54, 1.807) is 43.3 Å². The smallest absolute Gasteiger partial charge is 0.335 e. The predicted molar refractivity (Wildman–Crippen MR) is 134 cm³/mol. The first kappa shape index (κ1) is 25.2. The predicted octanol–water partition coefficient (Wildman–Crippen LogP) is 5.78. The van der Waals surface area contributed by atoms with Crippen molar-refractivity contribution < 1.29 is 28.2 Å². The number of barbiturate groups is 1. The SMILES string of the molecule is CCOc1cc(/C=C2\C(=O)NC(=O)N(c3ccc(Cl)c(Cl)c3)C2=O)ccc1OCc1ccccc1F. The molecule has 0 aliphatic carbocycles. The van der Waals surface area contributed by atoms with Crippen molar-refractivity contribution in [2.45, 2.75) is 13.5 Å². The molecule has 10 heteroatoms. The number of hydrogen-bond acceptors (Lipinski definition) is 5. The van der Waals surface area contributed by atoms with Crippen LogP contribution in [0.25, 0.3) is 6.08 Å². The lowest BCUT2D eigenvalue weighted by Gasteiger charge is -2.26. The molecule has 0 unspecified atom stereocenters. The van der Waals surface area contributed by atoms with Crippen molar-refractivity contribution in [2.24, 2.45) is 0 Å². The molecule has 1 saturated heterocycles. The van der Waals surface area contributed by atoms with Crippen LogP contribution in [0.1, 0.15) is 18.1 Å². The molecule has 1 N–H and O–H groups in total. The molecule has 3 aromatic carbocycles. The van der Waals surface area contributed by atoms with Crippen LogP contribution in [0.4, 0.5) is 14.9 Å². The number of urea groups is 1. The lowest BCUT2D eigenvalue weighted by atomic mass is 10.1. The molecule has 0 radical (unpaired) electrons. The van der Waals surface area contributed by atoms with Gasteiger partial charge >= 0.3 is 6.03 Å². The number of rotatable bonds is 7. The van der Waals surface area contributed by atoms with E-state index < -0.39 is 17.8 Å². The van der Waals surface area contributed by atoms with E-state index in [-0.39, 0.29) is 33.7 Å². The third kappa shape index (κ3) is 5.35. The maximum absolute atomic E-state index is 13.9.